The van der Waals surface area contributed by atoms with Crippen LogP contribution in [-0.4, -0.2) is 21.3 Å². The molecule has 0 aliphatic heterocycles. The normalized spacial score (nSPS) is 11.7. The molecule has 4 nitrogen and oxygen atoms in total. The Labute approximate surface area is 136 Å². The van der Waals surface area contributed by atoms with E-state index in [2.05, 4.69) is 5.32 Å². The molecule has 0 amide bonds. The molecule has 118 valence electrons. The zero-order valence-corrected chi connectivity index (χ0v) is 13.9. The first-order chi connectivity index (χ1) is 10.6. The highest BCUT2D eigenvalue weighted by molar-refractivity contribution is 6.31. The Hall–Kier alpha value is -2.07. The van der Waals surface area contributed by atoms with Crippen molar-refractivity contribution in [3.05, 3.63) is 47.0 Å². The average molecular weight is 322 g/mol. The first-order valence-electron chi connectivity index (χ1n) is 6.91. The number of nitrogens with one attached hydrogen (secondary N) is 1. The number of methoxy groups -OCH3 is 3. The van der Waals surface area contributed by atoms with Gasteiger partial charge >= 0.3 is 0 Å². The molecule has 1 N–H and O–H groups in total. The van der Waals surface area contributed by atoms with Crippen LogP contribution in [0.15, 0.2) is 36.4 Å². The third kappa shape index (κ3) is 3.39. The van der Waals surface area contributed by atoms with Gasteiger partial charge < -0.3 is 19.5 Å². The van der Waals surface area contributed by atoms with Crippen LogP contribution in [-0.2, 0) is 0 Å². The van der Waals surface area contributed by atoms with Crippen molar-refractivity contribution >= 4 is 17.3 Å². The van der Waals surface area contributed by atoms with Gasteiger partial charge in [-0.05, 0) is 18.6 Å². The second kappa shape index (κ2) is 7.27. The summed E-state index contributed by atoms with van der Waals surface area (Å²) < 4.78 is 16.0. The molecule has 0 fully saturated rings. The average Bonchev–Trinajstić information content (AvgIpc) is 2.54. The van der Waals surface area contributed by atoms with Crippen LogP contribution in [0.25, 0.3) is 0 Å². The predicted octanol–water partition coefficient (Wildman–Crippen LogP) is 4.54. The van der Waals surface area contributed by atoms with Crippen molar-refractivity contribution in [3.8, 4) is 17.2 Å². The summed E-state index contributed by atoms with van der Waals surface area (Å²) in [6.07, 6.45) is 0. The number of anilines is 1. The molecule has 0 aliphatic carbocycles. The van der Waals surface area contributed by atoms with E-state index in [0.717, 1.165) is 16.3 Å². The summed E-state index contributed by atoms with van der Waals surface area (Å²) in [6, 6.07) is 11.5. The molecule has 5 heteroatoms. The fourth-order valence-corrected chi connectivity index (χ4v) is 2.62. The highest BCUT2D eigenvalue weighted by Crippen LogP contribution is 2.40. The van der Waals surface area contributed by atoms with Crippen LogP contribution < -0.4 is 19.5 Å². The lowest BCUT2D eigenvalue weighted by atomic mass is 10.1. The maximum Gasteiger partial charge on any atom is 0.203 e. The zero-order valence-electron chi connectivity index (χ0n) is 13.1. The summed E-state index contributed by atoms with van der Waals surface area (Å²) in [5.41, 5.74) is 1.89. The highest BCUT2D eigenvalue weighted by atomic mass is 35.5. The maximum absolute atomic E-state index is 6.24. The quantitative estimate of drug-likeness (QED) is 0.848. The lowest BCUT2D eigenvalue weighted by molar-refractivity contribution is 0.324. The van der Waals surface area contributed by atoms with Crippen LogP contribution >= 0.6 is 11.6 Å². The largest absolute Gasteiger partial charge is 0.493 e. The van der Waals surface area contributed by atoms with Gasteiger partial charge in [-0.1, -0.05) is 29.8 Å². The molecule has 1 atom stereocenters. The van der Waals surface area contributed by atoms with Crippen molar-refractivity contribution in [3.63, 3.8) is 0 Å². The summed E-state index contributed by atoms with van der Waals surface area (Å²) in [4.78, 5) is 0. The van der Waals surface area contributed by atoms with E-state index in [-0.39, 0.29) is 6.04 Å². The molecule has 0 saturated carbocycles. The Morgan fingerprint density at radius 3 is 2.05 bits per heavy atom. The Bertz CT molecular complexity index is 621. The van der Waals surface area contributed by atoms with Gasteiger partial charge in [-0.15, -0.1) is 0 Å². The summed E-state index contributed by atoms with van der Waals surface area (Å²) in [6.45, 7) is 2.05. The molecule has 0 heterocycles. The topological polar surface area (TPSA) is 39.7 Å². The molecular formula is C17H20ClNO3. The Morgan fingerprint density at radius 1 is 0.955 bits per heavy atom. The number of ether oxygens (including phenoxy) is 3. The van der Waals surface area contributed by atoms with Gasteiger partial charge in [0.1, 0.15) is 0 Å². The number of hydrogen-bond acceptors (Lipinski definition) is 4. The van der Waals surface area contributed by atoms with Crippen molar-refractivity contribution in [1.82, 2.24) is 0 Å². The number of halogens is 1. The zero-order chi connectivity index (χ0) is 16.1. The summed E-state index contributed by atoms with van der Waals surface area (Å²) in [5.74, 6) is 1.78. The van der Waals surface area contributed by atoms with Gasteiger partial charge in [0, 0.05) is 28.9 Å². The SMILES string of the molecule is COc1cc(NC(C)c2ccccc2Cl)cc(OC)c1OC. The van der Waals surface area contributed by atoms with Gasteiger partial charge in [0.2, 0.25) is 5.75 Å². The molecule has 0 spiro atoms. The van der Waals surface area contributed by atoms with Gasteiger partial charge in [-0.25, -0.2) is 0 Å². The van der Waals surface area contributed by atoms with Crippen LogP contribution in [0, 0.1) is 0 Å². The molecule has 0 radical (unpaired) electrons. The highest BCUT2D eigenvalue weighted by Gasteiger charge is 2.15. The van der Waals surface area contributed by atoms with Crippen LogP contribution in [0.5, 0.6) is 17.2 Å². The van der Waals surface area contributed by atoms with Gasteiger partial charge in [-0.2, -0.15) is 0 Å². The maximum atomic E-state index is 6.24. The van der Waals surface area contributed by atoms with E-state index in [9.17, 15) is 0 Å². The van der Waals surface area contributed by atoms with Gasteiger partial charge in [0.05, 0.1) is 21.3 Å². The van der Waals surface area contributed by atoms with Gasteiger partial charge in [0.25, 0.3) is 0 Å². The van der Waals surface area contributed by atoms with Crippen molar-refractivity contribution in [2.45, 2.75) is 13.0 Å². The number of benzene rings is 2. The lowest BCUT2D eigenvalue weighted by Crippen LogP contribution is -2.08. The van der Waals surface area contributed by atoms with Crippen LogP contribution in [0.3, 0.4) is 0 Å². The van der Waals surface area contributed by atoms with Crippen LogP contribution in [0.2, 0.25) is 5.02 Å². The van der Waals surface area contributed by atoms with E-state index in [4.69, 9.17) is 25.8 Å². The van der Waals surface area contributed by atoms with Gasteiger partial charge in [-0.3, -0.25) is 0 Å². The fourth-order valence-electron chi connectivity index (χ4n) is 2.32. The Balaban J connectivity index is 2.31. The molecule has 0 bridgehead atoms. The lowest BCUT2D eigenvalue weighted by Gasteiger charge is -2.19. The minimum Gasteiger partial charge on any atom is -0.493 e. The monoisotopic (exact) mass is 321 g/mol. The van der Waals surface area contributed by atoms with Crippen LogP contribution in [0.4, 0.5) is 5.69 Å². The molecule has 2 rings (SSSR count). The smallest absolute Gasteiger partial charge is 0.203 e. The van der Waals surface area contributed by atoms with Crippen molar-refractivity contribution in [2.75, 3.05) is 26.6 Å². The third-order valence-corrected chi connectivity index (χ3v) is 3.76. The minimum atomic E-state index is 0.0384. The first kappa shape index (κ1) is 16.3. The minimum absolute atomic E-state index is 0.0384. The molecule has 2 aromatic rings. The van der Waals surface area contributed by atoms with Crippen molar-refractivity contribution < 1.29 is 14.2 Å². The molecule has 1 unspecified atom stereocenters. The molecular weight excluding hydrogens is 302 g/mol. The Morgan fingerprint density at radius 2 is 1.55 bits per heavy atom. The van der Waals surface area contributed by atoms with E-state index in [0.29, 0.717) is 17.2 Å². The van der Waals surface area contributed by atoms with E-state index in [1.165, 1.54) is 0 Å². The second-order valence-corrected chi connectivity index (χ2v) is 5.21. The number of rotatable bonds is 6. The van der Waals surface area contributed by atoms with Crippen molar-refractivity contribution in [1.29, 1.82) is 0 Å². The van der Waals surface area contributed by atoms with Crippen LogP contribution in [0.1, 0.15) is 18.5 Å². The van der Waals surface area contributed by atoms with Crippen molar-refractivity contribution in [2.24, 2.45) is 0 Å². The summed E-state index contributed by atoms with van der Waals surface area (Å²) in [5, 5.41) is 4.13. The molecule has 2 aromatic carbocycles. The predicted molar refractivity (Wildman–Crippen MR) is 89.6 cm³/mol. The molecule has 0 aromatic heterocycles. The van der Waals surface area contributed by atoms with E-state index < -0.39 is 0 Å². The van der Waals surface area contributed by atoms with E-state index in [1.807, 2.05) is 43.3 Å². The fraction of sp³-hybridized carbons (Fsp3) is 0.294. The third-order valence-electron chi connectivity index (χ3n) is 3.42. The first-order valence-corrected chi connectivity index (χ1v) is 7.29. The van der Waals surface area contributed by atoms with E-state index >= 15 is 0 Å². The Kier molecular flexibility index (Phi) is 5.39. The van der Waals surface area contributed by atoms with Gasteiger partial charge in [0.15, 0.2) is 11.5 Å². The summed E-state index contributed by atoms with van der Waals surface area (Å²) >= 11 is 6.24. The second-order valence-electron chi connectivity index (χ2n) is 4.80. The standard InChI is InChI=1S/C17H20ClNO3/c1-11(13-7-5-6-8-14(13)18)19-12-9-15(20-2)17(22-4)16(10-12)21-3/h5-11,19H,1-4H3. The molecule has 22 heavy (non-hydrogen) atoms. The summed E-state index contributed by atoms with van der Waals surface area (Å²) in [7, 11) is 4.77. The van der Waals surface area contributed by atoms with E-state index in [1.54, 1.807) is 21.3 Å². The number of hydrogen-bond donors (Lipinski definition) is 1. The molecule has 0 aliphatic rings. The molecule has 0 saturated heterocycles.